The number of carbonyl (C=O) groups excluding carboxylic acids is 1. The summed E-state index contributed by atoms with van der Waals surface area (Å²) in [6.07, 6.45) is 3.72. The average molecular weight is 308 g/mol. The molecule has 1 amide bonds. The number of hydrogen-bond donors (Lipinski definition) is 2. The molecule has 0 bridgehead atoms. The van der Waals surface area contributed by atoms with Crippen molar-refractivity contribution in [3.63, 3.8) is 0 Å². The minimum atomic E-state index is -0.405. The van der Waals surface area contributed by atoms with Crippen molar-refractivity contribution >= 4 is 23.4 Å². The zero-order chi connectivity index (χ0) is 15.1. The standard InChI is InChI=1S/C16H24N2O2S/c1-20-12-16(7-9-17-10-8-16)15(19)18-14-5-3-13(4-6-14)11-21-2/h3-6,17H,7-12H2,1-2H3,(H,18,19). The number of benzene rings is 1. The molecule has 0 atom stereocenters. The van der Waals surface area contributed by atoms with Gasteiger partial charge in [0.25, 0.3) is 0 Å². The van der Waals surface area contributed by atoms with Crippen LogP contribution in [0.25, 0.3) is 0 Å². The van der Waals surface area contributed by atoms with E-state index in [2.05, 4.69) is 29.0 Å². The van der Waals surface area contributed by atoms with E-state index >= 15 is 0 Å². The quantitative estimate of drug-likeness (QED) is 0.848. The summed E-state index contributed by atoms with van der Waals surface area (Å²) < 4.78 is 5.30. The maximum atomic E-state index is 12.7. The average Bonchev–Trinajstić information content (AvgIpc) is 2.51. The van der Waals surface area contributed by atoms with Crippen LogP contribution in [0, 0.1) is 5.41 Å². The van der Waals surface area contributed by atoms with Crippen molar-refractivity contribution < 1.29 is 9.53 Å². The van der Waals surface area contributed by atoms with Crippen LogP contribution >= 0.6 is 11.8 Å². The number of piperidine rings is 1. The molecule has 2 rings (SSSR count). The lowest BCUT2D eigenvalue weighted by atomic mass is 9.78. The molecule has 1 aromatic rings. The minimum absolute atomic E-state index is 0.0727. The Bertz CT molecular complexity index is 450. The van der Waals surface area contributed by atoms with Crippen LogP contribution in [0.2, 0.25) is 0 Å². The molecular weight excluding hydrogens is 284 g/mol. The van der Waals surface area contributed by atoms with Crippen LogP contribution in [-0.2, 0) is 15.3 Å². The van der Waals surface area contributed by atoms with E-state index < -0.39 is 5.41 Å². The highest BCUT2D eigenvalue weighted by atomic mass is 32.2. The molecule has 0 unspecified atom stereocenters. The molecule has 1 aliphatic heterocycles. The van der Waals surface area contributed by atoms with Crippen molar-refractivity contribution in [1.82, 2.24) is 5.32 Å². The Balaban J connectivity index is 2.04. The van der Waals surface area contributed by atoms with Crippen molar-refractivity contribution in [3.05, 3.63) is 29.8 Å². The molecule has 1 fully saturated rings. The summed E-state index contributed by atoms with van der Waals surface area (Å²) >= 11 is 1.79. The zero-order valence-electron chi connectivity index (χ0n) is 12.8. The van der Waals surface area contributed by atoms with E-state index in [1.165, 1.54) is 5.56 Å². The van der Waals surface area contributed by atoms with Crippen molar-refractivity contribution in [2.75, 3.05) is 38.4 Å². The number of thioether (sulfide) groups is 1. The van der Waals surface area contributed by atoms with E-state index in [0.717, 1.165) is 37.4 Å². The predicted octanol–water partition coefficient (Wildman–Crippen LogP) is 2.50. The highest BCUT2D eigenvalue weighted by Crippen LogP contribution is 2.31. The van der Waals surface area contributed by atoms with Crippen LogP contribution in [0.1, 0.15) is 18.4 Å². The van der Waals surface area contributed by atoms with Gasteiger partial charge < -0.3 is 15.4 Å². The summed E-state index contributed by atoms with van der Waals surface area (Å²) in [6.45, 7) is 2.21. The van der Waals surface area contributed by atoms with E-state index in [0.29, 0.717) is 6.61 Å². The Morgan fingerprint density at radius 1 is 1.33 bits per heavy atom. The number of anilines is 1. The molecule has 116 valence electrons. The second-order valence-corrected chi connectivity index (χ2v) is 6.41. The number of methoxy groups -OCH3 is 1. The summed E-state index contributed by atoms with van der Waals surface area (Å²) in [4.78, 5) is 12.7. The number of hydrogen-bond acceptors (Lipinski definition) is 4. The van der Waals surface area contributed by atoms with Gasteiger partial charge in [0.1, 0.15) is 0 Å². The Morgan fingerprint density at radius 2 is 2.00 bits per heavy atom. The van der Waals surface area contributed by atoms with Crippen LogP contribution in [0.3, 0.4) is 0 Å². The van der Waals surface area contributed by atoms with Crippen LogP contribution in [-0.4, -0.2) is 39.0 Å². The fraction of sp³-hybridized carbons (Fsp3) is 0.562. The zero-order valence-corrected chi connectivity index (χ0v) is 13.6. The fourth-order valence-corrected chi connectivity index (χ4v) is 3.26. The SMILES string of the molecule is COCC1(C(=O)Nc2ccc(CSC)cc2)CCNCC1. The molecular formula is C16H24N2O2S. The molecule has 21 heavy (non-hydrogen) atoms. The van der Waals surface area contributed by atoms with Gasteiger partial charge in [-0.3, -0.25) is 4.79 Å². The second kappa shape index (κ2) is 7.82. The first-order chi connectivity index (χ1) is 10.2. The number of rotatable bonds is 6. The van der Waals surface area contributed by atoms with Crippen LogP contribution in [0.15, 0.2) is 24.3 Å². The Kier molecular flexibility index (Phi) is 6.08. The van der Waals surface area contributed by atoms with Crippen molar-refractivity contribution in [2.45, 2.75) is 18.6 Å². The largest absolute Gasteiger partial charge is 0.384 e. The molecule has 5 heteroatoms. The lowest BCUT2D eigenvalue weighted by Gasteiger charge is -2.35. The van der Waals surface area contributed by atoms with Gasteiger partial charge in [-0.1, -0.05) is 12.1 Å². The van der Waals surface area contributed by atoms with Crippen LogP contribution in [0.5, 0.6) is 0 Å². The highest BCUT2D eigenvalue weighted by Gasteiger charge is 2.39. The predicted molar refractivity (Wildman–Crippen MR) is 88.7 cm³/mol. The molecule has 0 radical (unpaired) electrons. The second-order valence-electron chi connectivity index (χ2n) is 5.55. The highest BCUT2D eigenvalue weighted by molar-refractivity contribution is 7.97. The molecule has 1 saturated heterocycles. The molecule has 0 saturated carbocycles. The van der Waals surface area contributed by atoms with E-state index in [9.17, 15) is 4.79 Å². The first-order valence-corrected chi connectivity index (χ1v) is 8.68. The molecule has 2 N–H and O–H groups in total. The first kappa shape index (κ1) is 16.3. The summed E-state index contributed by atoms with van der Waals surface area (Å²) in [5.74, 6) is 1.07. The fourth-order valence-electron chi connectivity index (χ4n) is 2.73. The van der Waals surface area contributed by atoms with Gasteiger partial charge in [-0.15, -0.1) is 0 Å². The van der Waals surface area contributed by atoms with Crippen molar-refractivity contribution in [2.24, 2.45) is 5.41 Å². The van der Waals surface area contributed by atoms with Crippen molar-refractivity contribution in [3.8, 4) is 0 Å². The molecule has 1 aromatic carbocycles. The topological polar surface area (TPSA) is 50.4 Å². The summed E-state index contributed by atoms with van der Waals surface area (Å²) in [7, 11) is 1.66. The van der Waals surface area contributed by atoms with Gasteiger partial charge in [0, 0.05) is 18.6 Å². The molecule has 0 spiro atoms. The number of ether oxygens (including phenoxy) is 1. The molecule has 4 nitrogen and oxygen atoms in total. The first-order valence-electron chi connectivity index (χ1n) is 7.29. The van der Waals surface area contributed by atoms with Gasteiger partial charge in [-0.05, 0) is 49.9 Å². The number of carbonyl (C=O) groups is 1. The normalized spacial score (nSPS) is 17.4. The number of amides is 1. The Hall–Kier alpha value is -1.04. The Labute approximate surface area is 131 Å². The van der Waals surface area contributed by atoms with Gasteiger partial charge in [0.15, 0.2) is 0 Å². The summed E-state index contributed by atoms with van der Waals surface area (Å²) in [5, 5.41) is 6.35. The van der Waals surface area contributed by atoms with E-state index in [-0.39, 0.29) is 5.91 Å². The van der Waals surface area contributed by atoms with Gasteiger partial charge in [-0.2, -0.15) is 11.8 Å². The number of nitrogens with one attached hydrogen (secondary N) is 2. The smallest absolute Gasteiger partial charge is 0.233 e. The van der Waals surface area contributed by atoms with Gasteiger partial charge in [0.2, 0.25) is 5.91 Å². The molecule has 0 aliphatic carbocycles. The van der Waals surface area contributed by atoms with Gasteiger partial charge in [-0.25, -0.2) is 0 Å². The maximum Gasteiger partial charge on any atom is 0.233 e. The maximum absolute atomic E-state index is 12.7. The van der Waals surface area contributed by atoms with Crippen LogP contribution in [0.4, 0.5) is 5.69 Å². The van der Waals surface area contributed by atoms with Gasteiger partial charge in [0.05, 0.1) is 12.0 Å². The minimum Gasteiger partial charge on any atom is -0.384 e. The van der Waals surface area contributed by atoms with E-state index in [4.69, 9.17) is 4.74 Å². The third-order valence-electron chi connectivity index (χ3n) is 3.99. The van der Waals surface area contributed by atoms with Crippen LogP contribution < -0.4 is 10.6 Å². The van der Waals surface area contributed by atoms with E-state index in [1.807, 2.05) is 12.1 Å². The van der Waals surface area contributed by atoms with E-state index in [1.54, 1.807) is 18.9 Å². The summed E-state index contributed by atoms with van der Waals surface area (Å²) in [5.41, 5.74) is 1.73. The molecule has 1 aliphatic rings. The lowest BCUT2D eigenvalue weighted by Crippen LogP contribution is -2.47. The molecule has 1 heterocycles. The van der Waals surface area contributed by atoms with Crippen molar-refractivity contribution in [1.29, 1.82) is 0 Å². The monoisotopic (exact) mass is 308 g/mol. The Morgan fingerprint density at radius 3 is 2.57 bits per heavy atom. The lowest BCUT2D eigenvalue weighted by molar-refractivity contribution is -0.130. The third kappa shape index (κ3) is 4.22. The summed E-state index contributed by atoms with van der Waals surface area (Å²) in [6, 6.07) is 8.09. The third-order valence-corrected chi connectivity index (χ3v) is 4.61. The molecule has 0 aromatic heterocycles. The van der Waals surface area contributed by atoms with Gasteiger partial charge >= 0.3 is 0 Å².